The summed E-state index contributed by atoms with van der Waals surface area (Å²) < 4.78 is 5.38. The highest BCUT2D eigenvalue weighted by Crippen LogP contribution is 2.38. The van der Waals surface area contributed by atoms with Crippen LogP contribution in [0.5, 0.6) is 5.75 Å². The predicted octanol–water partition coefficient (Wildman–Crippen LogP) is 3.89. The molecule has 1 aliphatic rings. The third kappa shape index (κ3) is 7.94. The van der Waals surface area contributed by atoms with Crippen LogP contribution >= 0.6 is 0 Å². The lowest BCUT2D eigenvalue weighted by Crippen LogP contribution is -2.54. The number of benzene rings is 1. The molecule has 0 saturated heterocycles. The van der Waals surface area contributed by atoms with Gasteiger partial charge in [-0.25, -0.2) is 4.79 Å². The van der Waals surface area contributed by atoms with Crippen molar-refractivity contribution < 1.29 is 24.2 Å². The number of phenols is 1. The van der Waals surface area contributed by atoms with Gasteiger partial charge in [0.2, 0.25) is 11.8 Å². The Hall–Kier alpha value is -2.77. The molecule has 0 bridgehead atoms. The molecule has 0 aliphatic heterocycles. The van der Waals surface area contributed by atoms with E-state index in [4.69, 9.17) is 4.74 Å². The molecule has 0 heterocycles. The van der Waals surface area contributed by atoms with Gasteiger partial charge in [-0.1, -0.05) is 32.0 Å². The maximum absolute atomic E-state index is 13.9. The SMILES string of the molecule is CC(C)CC(NC(=O)OC(C)(C)C)C(=O)N(C1CC1)C(C(=O)NC(C)C)c1ccccc1O. The first kappa shape index (κ1) is 26.5. The van der Waals surface area contributed by atoms with Crippen LogP contribution < -0.4 is 10.6 Å². The summed E-state index contributed by atoms with van der Waals surface area (Å²) in [6.07, 6.45) is 1.22. The normalized spacial score (nSPS) is 15.7. The number of hydrogen-bond acceptors (Lipinski definition) is 5. The molecule has 0 radical (unpaired) electrons. The number of rotatable bonds is 9. The number of phenolic OH excluding ortho intramolecular Hbond substituents is 1. The van der Waals surface area contributed by atoms with Gasteiger partial charge >= 0.3 is 6.09 Å². The van der Waals surface area contributed by atoms with Crippen LogP contribution in [0, 0.1) is 5.92 Å². The molecular weight excluding hydrogens is 422 g/mol. The third-order valence-electron chi connectivity index (χ3n) is 5.08. The Morgan fingerprint density at radius 3 is 2.18 bits per heavy atom. The molecule has 2 atom stereocenters. The fraction of sp³-hybridized carbons (Fsp3) is 0.640. The smallest absolute Gasteiger partial charge is 0.408 e. The van der Waals surface area contributed by atoms with Gasteiger partial charge < -0.3 is 25.4 Å². The van der Waals surface area contributed by atoms with Gasteiger partial charge in [-0.05, 0) is 65.9 Å². The minimum Gasteiger partial charge on any atom is -0.508 e. The molecule has 3 N–H and O–H groups in total. The summed E-state index contributed by atoms with van der Waals surface area (Å²) in [6.45, 7) is 12.9. The molecule has 33 heavy (non-hydrogen) atoms. The molecule has 1 saturated carbocycles. The van der Waals surface area contributed by atoms with Gasteiger partial charge in [-0.3, -0.25) is 9.59 Å². The summed E-state index contributed by atoms with van der Waals surface area (Å²) in [5.41, 5.74) is -0.349. The second-order valence-electron chi connectivity index (χ2n) is 10.4. The molecule has 1 aliphatic carbocycles. The van der Waals surface area contributed by atoms with Crippen molar-refractivity contribution in [1.29, 1.82) is 0 Å². The van der Waals surface area contributed by atoms with E-state index in [0.717, 1.165) is 12.8 Å². The van der Waals surface area contributed by atoms with Crippen LogP contribution in [0.15, 0.2) is 24.3 Å². The van der Waals surface area contributed by atoms with Gasteiger partial charge in [0.15, 0.2) is 0 Å². The minimum absolute atomic E-state index is 0.0552. The van der Waals surface area contributed by atoms with Crippen molar-refractivity contribution in [3.8, 4) is 5.75 Å². The van der Waals surface area contributed by atoms with Gasteiger partial charge in [0, 0.05) is 17.6 Å². The zero-order valence-electron chi connectivity index (χ0n) is 20.8. The van der Waals surface area contributed by atoms with Crippen LogP contribution in [0.4, 0.5) is 4.79 Å². The van der Waals surface area contributed by atoms with Crippen molar-refractivity contribution in [2.45, 2.75) is 97.5 Å². The van der Waals surface area contributed by atoms with E-state index in [1.165, 1.54) is 11.0 Å². The Kier molecular flexibility index (Phi) is 8.75. The van der Waals surface area contributed by atoms with E-state index in [1.54, 1.807) is 39.0 Å². The number of ether oxygens (including phenoxy) is 1. The molecule has 3 amide bonds. The molecule has 0 spiro atoms. The number of nitrogens with zero attached hydrogens (tertiary/aromatic N) is 1. The molecule has 2 unspecified atom stereocenters. The van der Waals surface area contributed by atoms with E-state index in [2.05, 4.69) is 10.6 Å². The van der Waals surface area contributed by atoms with E-state index in [0.29, 0.717) is 12.0 Å². The molecule has 2 rings (SSSR count). The van der Waals surface area contributed by atoms with E-state index in [1.807, 2.05) is 27.7 Å². The van der Waals surface area contributed by atoms with Gasteiger partial charge in [0.05, 0.1) is 0 Å². The molecule has 0 aromatic heterocycles. The minimum atomic E-state index is -1.01. The Labute approximate surface area is 197 Å². The third-order valence-corrected chi connectivity index (χ3v) is 5.08. The van der Waals surface area contributed by atoms with Crippen molar-refractivity contribution >= 4 is 17.9 Å². The lowest BCUT2D eigenvalue weighted by atomic mass is 9.98. The van der Waals surface area contributed by atoms with E-state index < -0.39 is 23.8 Å². The van der Waals surface area contributed by atoms with E-state index in [9.17, 15) is 19.5 Å². The van der Waals surface area contributed by atoms with Crippen LogP contribution in [0.3, 0.4) is 0 Å². The number of nitrogens with one attached hydrogen (secondary N) is 2. The number of amides is 3. The number of aromatic hydroxyl groups is 1. The van der Waals surface area contributed by atoms with E-state index >= 15 is 0 Å². The van der Waals surface area contributed by atoms with Crippen molar-refractivity contribution in [2.75, 3.05) is 0 Å². The van der Waals surface area contributed by atoms with Gasteiger partial charge in [-0.2, -0.15) is 0 Å². The lowest BCUT2D eigenvalue weighted by Gasteiger charge is -2.35. The first-order chi connectivity index (χ1) is 15.3. The summed E-state index contributed by atoms with van der Waals surface area (Å²) in [7, 11) is 0. The van der Waals surface area contributed by atoms with Crippen molar-refractivity contribution in [3.05, 3.63) is 29.8 Å². The zero-order chi connectivity index (χ0) is 24.9. The first-order valence-electron chi connectivity index (χ1n) is 11.7. The van der Waals surface area contributed by atoms with Crippen LogP contribution in [0.1, 0.15) is 79.3 Å². The van der Waals surface area contributed by atoms with Crippen LogP contribution in [-0.2, 0) is 14.3 Å². The molecule has 1 aromatic rings. The van der Waals surface area contributed by atoms with Crippen LogP contribution in [0.2, 0.25) is 0 Å². The highest BCUT2D eigenvalue weighted by atomic mass is 16.6. The Morgan fingerprint density at radius 2 is 1.70 bits per heavy atom. The van der Waals surface area contributed by atoms with Crippen molar-refractivity contribution in [1.82, 2.24) is 15.5 Å². The largest absolute Gasteiger partial charge is 0.508 e. The summed E-state index contributed by atoms with van der Waals surface area (Å²) >= 11 is 0. The molecule has 184 valence electrons. The standard InChI is InChI=1S/C25H39N3O5/c1-15(2)14-19(27-24(32)33-25(5,6)7)23(31)28(17-12-13-17)21(22(30)26-16(3)4)18-10-8-9-11-20(18)29/h8-11,15-17,19,21,29H,12-14H2,1-7H3,(H,26,30)(H,27,32). The Bertz CT molecular complexity index is 843. The lowest BCUT2D eigenvalue weighted by molar-refractivity contribution is -0.143. The van der Waals surface area contributed by atoms with Crippen molar-refractivity contribution in [2.24, 2.45) is 5.92 Å². The summed E-state index contributed by atoms with van der Waals surface area (Å²) in [6, 6.07) is 4.40. The highest BCUT2D eigenvalue weighted by molar-refractivity contribution is 5.93. The topological polar surface area (TPSA) is 108 Å². The van der Waals surface area contributed by atoms with Gasteiger partial charge in [0.1, 0.15) is 23.4 Å². The monoisotopic (exact) mass is 461 g/mol. The number of carbonyl (C=O) groups is 3. The highest BCUT2D eigenvalue weighted by Gasteiger charge is 2.45. The van der Waals surface area contributed by atoms with Gasteiger partial charge in [0.25, 0.3) is 0 Å². The summed E-state index contributed by atoms with van der Waals surface area (Å²) in [5.74, 6) is -0.667. The summed E-state index contributed by atoms with van der Waals surface area (Å²) in [5, 5.41) is 16.2. The molecular formula is C25H39N3O5. The maximum atomic E-state index is 13.9. The van der Waals surface area contributed by atoms with E-state index in [-0.39, 0.29) is 35.6 Å². The van der Waals surface area contributed by atoms with Gasteiger partial charge in [-0.15, -0.1) is 0 Å². The molecule has 1 aromatic carbocycles. The number of para-hydroxylation sites is 1. The maximum Gasteiger partial charge on any atom is 0.408 e. The molecule has 8 heteroatoms. The van der Waals surface area contributed by atoms with Crippen LogP contribution in [-0.4, -0.2) is 51.6 Å². The zero-order valence-corrected chi connectivity index (χ0v) is 20.8. The van der Waals surface area contributed by atoms with Crippen LogP contribution in [0.25, 0.3) is 0 Å². The number of alkyl carbamates (subject to hydrolysis) is 1. The summed E-state index contributed by atoms with van der Waals surface area (Å²) in [4.78, 5) is 41.2. The first-order valence-corrected chi connectivity index (χ1v) is 11.7. The fourth-order valence-corrected chi connectivity index (χ4v) is 3.69. The quantitative estimate of drug-likeness (QED) is 0.517. The predicted molar refractivity (Wildman–Crippen MR) is 127 cm³/mol. The number of hydrogen-bond donors (Lipinski definition) is 3. The Balaban J connectivity index is 2.44. The second kappa shape index (κ2) is 10.9. The molecule has 8 nitrogen and oxygen atoms in total. The van der Waals surface area contributed by atoms with Crippen molar-refractivity contribution in [3.63, 3.8) is 0 Å². The Morgan fingerprint density at radius 1 is 1.09 bits per heavy atom. The second-order valence-corrected chi connectivity index (χ2v) is 10.4. The average molecular weight is 462 g/mol. The number of carbonyl (C=O) groups excluding carboxylic acids is 3. The molecule has 1 fully saturated rings. The fourth-order valence-electron chi connectivity index (χ4n) is 3.69. The average Bonchev–Trinajstić information content (AvgIpc) is 3.48.